The van der Waals surface area contributed by atoms with Crippen molar-refractivity contribution in [2.45, 2.75) is 25.8 Å². The van der Waals surface area contributed by atoms with Gasteiger partial charge in [0, 0.05) is 12.6 Å². The van der Waals surface area contributed by atoms with E-state index in [4.69, 9.17) is 0 Å². The molecule has 1 aliphatic carbocycles. The Morgan fingerprint density at radius 1 is 1.26 bits per heavy atom. The molecule has 3 heterocycles. The van der Waals surface area contributed by atoms with E-state index in [1.54, 1.807) is 15.8 Å². The van der Waals surface area contributed by atoms with Crippen LogP contribution in [0.4, 0.5) is 10.6 Å². The summed E-state index contributed by atoms with van der Waals surface area (Å²) in [6.07, 6.45) is 3.74. The number of rotatable bonds is 4. The fourth-order valence-corrected chi connectivity index (χ4v) is 3.52. The van der Waals surface area contributed by atoms with Gasteiger partial charge in [-0.05, 0) is 31.9 Å². The van der Waals surface area contributed by atoms with Crippen LogP contribution in [0.2, 0.25) is 0 Å². The Morgan fingerprint density at radius 3 is 2.78 bits per heavy atom. The molecule has 1 saturated carbocycles. The average molecular weight is 364 g/mol. The van der Waals surface area contributed by atoms with E-state index in [1.165, 1.54) is 4.90 Å². The summed E-state index contributed by atoms with van der Waals surface area (Å²) in [5, 5.41) is 7.47. The van der Waals surface area contributed by atoms with E-state index in [9.17, 15) is 9.59 Å². The molecule has 1 N–H and O–H groups in total. The molecule has 8 nitrogen and oxygen atoms in total. The quantitative estimate of drug-likeness (QED) is 0.892. The van der Waals surface area contributed by atoms with Crippen LogP contribution >= 0.6 is 0 Å². The largest absolute Gasteiger partial charge is 0.352 e. The van der Waals surface area contributed by atoms with Gasteiger partial charge in [0.1, 0.15) is 12.4 Å². The van der Waals surface area contributed by atoms with Crippen LogP contribution in [0, 0.1) is 6.92 Å². The maximum absolute atomic E-state index is 13.1. The minimum absolute atomic E-state index is 0.0241. The van der Waals surface area contributed by atoms with E-state index < -0.39 is 0 Å². The molecule has 0 unspecified atom stereocenters. The molecular formula is C19H20N6O2. The first-order valence-corrected chi connectivity index (χ1v) is 9.20. The Bertz CT molecular complexity index is 957. The van der Waals surface area contributed by atoms with Crippen LogP contribution in [0.15, 0.2) is 35.5 Å². The lowest BCUT2D eigenvalue weighted by Crippen LogP contribution is -2.53. The predicted octanol–water partition coefficient (Wildman–Crippen LogP) is 1.46. The Hall–Kier alpha value is -3.16. The number of anilines is 1. The first-order chi connectivity index (χ1) is 13.1. The van der Waals surface area contributed by atoms with Gasteiger partial charge in [-0.3, -0.25) is 19.6 Å². The van der Waals surface area contributed by atoms with Gasteiger partial charge in [-0.15, -0.1) is 0 Å². The highest BCUT2D eigenvalue weighted by atomic mass is 16.2. The number of fused-ring (bicyclic) bond motifs is 3. The molecule has 1 fully saturated rings. The van der Waals surface area contributed by atoms with Gasteiger partial charge in [0.2, 0.25) is 5.91 Å². The average Bonchev–Trinajstić information content (AvgIpc) is 3.16. The third kappa shape index (κ3) is 2.68. The number of carbonyl (C=O) groups excluding carboxylic acids is 2. The van der Waals surface area contributed by atoms with Crippen LogP contribution in [-0.2, 0) is 4.79 Å². The molecule has 138 valence electrons. The predicted molar refractivity (Wildman–Crippen MR) is 100 cm³/mol. The molecule has 3 aliphatic rings. The van der Waals surface area contributed by atoms with Gasteiger partial charge in [0.25, 0.3) is 0 Å². The Labute approximate surface area is 156 Å². The number of nitrogens with zero attached hydrogens (tertiary/aromatic N) is 5. The number of aryl methyl sites for hydroxylation is 1. The highest BCUT2D eigenvalue weighted by Crippen LogP contribution is 2.33. The summed E-state index contributed by atoms with van der Waals surface area (Å²) in [4.78, 5) is 33.2. The summed E-state index contributed by atoms with van der Waals surface area (Å²) < 4.78 is 1.72. The molecule has 1 aromatic carbocycles. The lowest BCUT2D eigenvalue weighted by molar-refractivity contribution is -0.119. The molecule has 5 rings (SSSR count). The monoisotopic (exact) mass is 364 g/mol. The second kappa shape index (κ2) is 5.94. The van der Waals surface area contributed by atoms with E-state index in [2.05, 4.69) is 15.4 Å². The number of hydrogen-bond donors (Lipinski definition) is 1. The second-order valence-electron chi connectivity index (χ2n) is 7.20. The molecule has 2 aromatic rings. The number of hydrogen-bond acceptors (Lipinski definition) is 4. The number of benzene rings is 1. The van der Waals surface area contributed by atoms with E-state index in [1.807, 2.05) is 31.2 Å². The summed E-state index contributed by atoms with van der Waals surface area (Å²) in [6.45, 7) is 3.09. The van der Waals surface area contributed by atoms with Gasteiger partial charge in [-0.1, -0.05) is 17.7 Å². The Morgan fingerprint density at radius 2 is 2.04 bits per heavy atom. The van der Waals surface area contributed by atoms with Crippen molar-refractivity contribution in [2.24, 2.45) is 4.99 Å². The molecule has 0 atom stereocenters. The standard InChI is InChI=1S/C19H20N6O2/c1-12-2-6-14(7-3-12)25-18-15(10-21-25)17-20-8-9-23(17)19(27)24(18)11-16(26)22-13-4-5-13/h2-3,6-7,10,13H,4-5,8-9,11H2,1H3,(H,22,26). The molecular weight excluding hydrogens is 344 g/mol. The fraction of sp³-hybridized carbons (Fsp3) is 0.368. The first-order valence-electron chi connectivity index (χ1n) is 9.20. The van der Waals surface area contributed by atoms with Crippen LogP contribution in [0.1, 0.15) is 24.0 Å². The van der Waals surface area contributed by atoms with Crippen LogP contribution in [0.5, 0.6) is 0 Å². The van der Waals surface area contributed by atoms with E-state index in [0.29, 0.717) is 24.7 Å². The third-order valence-corrected chi connectivity index (χ3v) is 5.07. The van der Waals surface area contributed by atoms with E-state index in [0.717, 1.165) is 29.7 Å². The first kappa shape index (κ1) is 16.0. The minimum Gasteiger partial charge on any atom is -0.352 e. The molecule has 1 aromatic heterocycles. The topological polar surface area (TPSA) is 82.8 Å². The number of amides is 3. The van der Waals surface area contributed by atoms with Crippen molar-refractivity contribution < 1.29 is 9.59 Å². The van der Waals surface area contributed by atoms with Crippen molar-refractivity contribution in [2.75, 3.05) is 24.5 Å². The lowest BCUT2D eigenvalue weighted by atomic mass is 10.2. The van der Waals surface area contributed by atoms with Crippen LogP contribution in [-0.4, -0.2) is 58.1 Å². The molecule has 8 heteroatoms. The highest BCUT2D eigenvalue weighted by Gasteiger charge is 2.41. The summed E-state index contributed by atoms with van der Waals surface area (Å²) >= 11 is 0. The van der Waals surface area contributed by atoms with Crippen molar-refractivity contribution in [3.63, 3.8) is 0 Å². The summed E-state index contributed by atoms with van der Waals surface area (Å²) in [7, 11) is 0. The number of aromatic nitrogens is 2. The zero-order chi connectivity index (χ0) is 18.5. The second-order valence-corrected chi connectivity index (χ2v) is 7.20. The van der Waals surface area contributed by atoms with Crippen molar-refractivity contribution >= 4 is 23.6 Å². The normalized spacial score (nSPS) is 18.3. The maximum atomic E-state index is 13.1. The number of aliphatic imine (C=N–C) groups is 1. The Kier molecular flexibility index (Phi) is 3.53. The van der Waals surface area contributed by atoms with Gasteiger partial charge in [0.15, 0.2) is 5.82 Å². The van der Waals surface area contributed by atoms with Gasteiger partial charge in [0.05, 0.1) is 24.0 Å². The number of urea groups is 1. The fourth-order valence-electron chi connectivity index (χ4n) is 3.52. The third-order valence-electron chi connectivity index (χ3n) is 5.07. The Balaban J connectivity index is 1.58. The molecule has 0 bridgehead atoms. The van der Waals surface area contributed by atoms with Gasteiger partial charge in [-0.2, -0.15) is 5.10 Å². The SMILES string of the molecule is Cc1ccc(-n2ncc3c2N(CC(=O)NC2CC2)C(=O)N2CCN=C32)cc1. The highest BCUT2D eigenvalue weighted by molar-refractivity contribution is 6.20. The molecule has 0 radical (unpaired) electrons. The molecule has 3 amide bonds. The van der Waals surface area contributed by atoms with Gasteiger partial charge >= 0.3 is 6.03 Å². The molecule has 0 saturated heterocycles. The summed E-state index contributed by atoms with van der Waals surface area (Å²) in [6, 6.07) is 7.94. The lowest BCUT2D eigenvalue weighted by Gasteiger charge is -2.33. The maximum Gasteiger partial charge on any atom is 0.331 e. The molecule has 27 heavy (non-hydrogen) atoms. The van der Waals surface area contributed by atoms with Gasteiger partial charge < -0.3 is 5.32 Å². The zero-order valence-corrected chi connectivity index (χ0v) is 15.1. The smallest absolute Gasteiger partial charge is 0.331 e. The molecule has 0 spiro atoms. The van der Waals surface area contributed by atoms with Crippen LogP contribution in [0.3, 0.4) is 0 Å². The van der Waals surface area contributed by atoms with Gasteiger partial charge in [-0.25, -0.2) is 9.48 Å². The van der Waals surface area contributed by atoms with Crippen molar-refractivity contribution in [1.29, 1.82) is 0 Å². The van der Waals surface area contributed by atoms with Crippen molar-refractivity contribution in [3.8, 4) is 5.69 Å². The van der Waals surface area contributed by atoms with Crippen molar-refractivity contribution in [3.05, 3.63) is 41.6 Å². The zero-order valence-electron chi connectivity index (χ0n) is 15.1. The summed E-state index contributed by atoms with van der Waals surface area (Å²) in [5.41, 5.74) is 2.77. The van der Waals surface area contributed by atoms with Crippen molar-refractivity contribution in [1.82, 2.24) is 20.0 Å². The number of nitrogens with one attached hydrogen (secondary N) is 1. The minimum atomic E-state index is -0.224. The summed E-state index contributed by atoms with van der Waals surface area (Å²) in [5.74, 6) is 1.10. The number of carbonyl (C=O) groups is 2. The number of amidine groups is 1. The van der Waals surface area contributed by atoms with E-state index in [-0.39, 0.29) is 24.5 Å². The van der Waals surface area contributed by atoms with Crippen LogP contribution in [0.25, 0.3) is 5.69 Å². The van der Waals surface area contributed by atoms with Crippen LogP contribution < -0.4 is 10.2 Å². The molecule has 2 aliphatic heterocycles. The van der Waals surface area contributed by atoms with E-state index >= 15 is 0 Å².